The van der Waals surface area contributed by atoms with Crippen LogP contribution in [-0.2, 0) is 32.6 Å². The fraction of sp³-hybridized carbons (Fsp3) is 0.257. The highest BCUT2D eigenvalue weighted by Gasteiger charge is 2.34. The minimum Gasteiger partial charge on any atom is -0.494 e. The van der Waals surface area contributed by atoms with Crippen molar-refractivity contribution in [3.8, 4) is 5.75 Å². The number of hydrogen-bond donors (Lipinski definition) is 1. The van der Waals surface area contributed by atoms with Gasteiger partial charge in [0, 0.05) is 19.5 Å². The quantitative estimate of drug-likeness (QED) is 0.185. The van der Waals surface area contributed by atoms with Crippen LogP contribution in [0.5, 0.6) is 5.75 Å². The molecule has 8 nitrogen and oxygen atoms in total. The Morgan fingerprint density at radius 2 is 1.44 bits per heavy atom. The van der Waals surface area contributed by atoms with Crippen molar-refractivity contribution < 1.29 is 27.1 Å². The molecule has 0 aliphatic rings. The Labute approximate surface area is 264 Å². The van der Waals surface area contributed by atoms with Crippen molar-refractivity contribution >= 4 is 27.5 Å². The number of halogens is 1. The molecule has 0 fully saturated rings. The zero-order chi connectivity index (χ0) is 32.2. The number of sulfonamides is 1. The molecule has 1 N–H and O–H groups in total. The lowest BCUT2D eigenvalue weighted by atomic mass is 10.0. The number of nitrogens with one attached hydrogen (secondary N) is 1. The first-order chi connectivity index (χ1) is 21.7. The second-order valence-corrected chi connectivity index (χ2v) is 12.3. The highest BCUT2D eigenvalue weighted by molar-refractivity contribution is 7.92. The molecule has 0 aromatic heterocycles. The lowest BCUT2D eigenvalue weighted by Crippen LogP contribution is -2.53. The molecule has 0 unspecified atom stereocenters. The summed E-state index contributed by atoms with van der Waals surface area (Å²) < 4.78 is 48.5. The van der Waals surface area contributed by atoms with Crippen molar-refractivity contribution in [3.63, 3.8) is 0 Å². The molecule has 0 heterocycles. The second-order valence-electron chi connectivity index (χ2n) is 10.4. The van der Waals surface area contributed by atoms with Gasteiger partial charge in [-0.15, -0.1) is 0 Å². The monoisotopic (exact) mass is 631 g/mol. The van der Waals surface area contributed by atoms with E-state index in [0.29, 0.717) is 30.9 Å². The summed E-state index contributed by atoms with van der Waals surface area (Å²) in [5.41, 5.74) is 1.67. The fourth-order valence-corrected chi connectivity index (χ4v) is 6.27. The normalized spacial score (nSPS) is 11.8. The first-order valence-electron chi connectivity index (χ1n) is 14.9. The summed E-state index contributed by atoms with van der Waals surface area (Å²) >= 11 is 0. The summed E-state index contributed by atoms with van der Waals surface area (Å²) in [6.45, 7) is 3.99. The Morgan fingerprint density at radius 3 is 2.04 bits per heavy atom. The van der Waals surface area contributed by atoms with Gasteiger partial charge in [-0.05, 0) is 73.0 Å². The Hall–Kier alpha value is -4.70. The molecule has 45 heavy (non-hydrogen) atoms. The predicted molar refractivity (Wildman–Crippen MR) is 173 cm³/mol. The van der Waals surface area contributed by atoms with E-state index in [2.05, 4.69) is 5.32 Å². The number of benzene rings is 4. The van der Waals surface area contributed by atoms with Crippen molar-refractivity contribution in [1.29, 1.82) is 0 Å². The van der Waals surface area contributed by atoms with Crippen LogP contribution in [0.15, 0.2) is 114 Å². The summed E-state index contributed by atoms with van der Waals surface area (Å²) in [5.74, 6) is -0.845. The van der Waals surface area contributed by atoms with Gasteiger partial charge in [-0.25, -0.2) is 12.8 Å². The molecule has 0 aliphatic carbocycles. The van der Waals surface area contributed by atoms with Crippen LogP contribution in [0.25, 0.3) is 0 Å². The van der Waals surface area contributed by atoms with E-state index in [0.717, 1.165) is 9.87 Å². The van der Waals surface area contributed by atoms with Crippen LogP contribution in [0.1, 0.15) is 31.4 Å². The molecule has 10 heteroatoms. The number of ether oxygens (including phenoxy) is 1. The molecule has 1 atom stereocenters. The summed E-state index contributed by atoms with van der Waals surface area (Å²) in [7, 11) is -4.21. The van der Waals surface area contributed by atoms with Crippen molar-refractivity contribution in [1.82, 2.24) is 10.2 Å². The van der Waals surface area contributed by atoms with Gasteiger partial charge in [0.15, 0.2) is 0 Å². The molecule has 0 saturated heterocycles. The third-order valence-electron chi connectivity index (χ3n) is 7.13. The van der Waals surface area contributed by atoms with Crippen LogP contribution in [0.2, 0.25) is 0 Å². The number of nitrogens with zero attached hydrogens (tertiary/aromatic N) is 2. The maximum atomic E-state index is 14.4. The standard InChI is InChI=1S/C35H38FN3O5S/c1-3-23-37-35(41)33(24-27-11-7-5-8-12-27)38(25-28-15-17-29(36)18-16-28)34(40)26-39(30-19-21-31(22-20-30)44-4-2)45(42,43)32-13-9-6-10-14-32/h5-22,33H,3-4,23-26H2,1-2H3,(H,37,41)/t33-/m0/s1. The predicted octanol–water partition coefficient (Wildman–Crippen LogP) is 5.59. The van der Waals surface area contributed by atoms with Crippen LogP contribution in [0.4, 0.5) is 10.1 Å². The summed E-state index contributed by atoms with van der Waals surface area (Å²) in [5, 5.41) is 2.90. The third-order valence-corrected chi connectivity index (χ3v) is 8.92. The minimum atomic E-state index is -4.21. The van der Waals surface area contributed by atoms with Gasteiger partial charge >= 0.3 is 0 Å². The minimum absolute atomic E-state index is 0.0123. The van der Waals surface area contributed by atoms with Crippen LogP contribution in [0, 0.1) is 5.82 Å². The Morgan fingerprint density at radius 1 is 0.822 bits per heavy atom. The zero-order valence-corrected chi connectivity index (χ0v) is 26.3. The lowest BCUT2D eigenvalue weighted by molar-refractivity contribution is -0.140. The highest BCUT2D eigenvalue weighted by atomic mass is 32.2. The van der Waals surface area contributed by atoms with Gasteiger partial charge in [0.1, 0.15) is 24.2 Å². The number of carbonyl (C=O) groups is 2. The Bertz CT molecular complexity index is 1630. The van der Waals surface area contributed by atoms with E-state index in [1.54, 1.807) is 54.6 Å². The summed E-state index contributed by atoms with van der Waals surface area (Å²) in [6.07, 6.45) is 0.883. The first kappa shape index (κ1) is 33.2. The van der Waals surface area contributed by atoms with E-state index in [9.17, 15) is 22.4 Å². The van der Waals surface area contributed by atoms with Gasteiger partial charge in [-0.3, -0.25) is 13.9 Å². The fourth-order valence-electron chi connectivity index (χ4n) is 4.83. The van der Waals surface area contributed by atoms with Gasteiger partial charge < -0.3 is 15.0 Å². The lowest BCUT2D eigenvalue weighted by Gasteiger charge is -2.34. The van der Waals surface area contributed by atoms with E-state index < -0.39 is 34.3 Å². The molecule has 2 amide bonds. The maximum Gasteiger partial charge on any atom is 0.264 e. The molecule has 236 valence electrons. The molecule has 0 radical (unpaired) electrons. The first-order valence-corrected chi connectivity index (χ1v) is 16.3. The number of anilines is 1. The molecule has 0 spiro atoms. The SMILES string of the molecule is CCCNC(=O)[C@H](Cc1ccccc1)N(Cc1ccc(F)cc1)C(=O)CN(c1ccc(OCC)cc1)S(=O)(=O)c1ccccc1. The average Bonchev–Trinajstić information content (AvgIpc) is 3.06. The molecule has 4 aromatic carbocycles. The number of carbonyl (C=O) groups excluding carboxylic acids is 2. The van der Waals surface area contributed by atoms with Crippen molar-refractivity contribution in [2.45, 2.75) is 44.2 Å². The molecule has 4 aromatic rings. The van der Waals surface area contributed by atoms with Gasteiger partial charge in [0.2, 0.25) is 11.8 Å². The maximum absolute atomic E-state index is 14.4. The van der Waals surface area contributed by atoms with Crippen molar-refractivity contribution in [3.05, 3.63) is 126 Å². The average molecular weight is 632 g/mol. The van der Waals surface area contributed by atoms with E-state index in [-0.39, 0.29) is 29.5 Å². The van der Waals surface area contributed by atoms with E-state index in [4.69, 9.17) is 4.74 Å². The van der Waals surface area contributed by atoms with Crippen LogP contribution >= 0.6 is 0 Å². The molecule has 0 aliphatic heterocycles. The zero-order valence-electron chi connectivity index (χ0n) is 25.4. The highest BCUT2D eigenvalue weighted by Crippen LogP contribution is 2.27. The number of amides is 2. The van der Waals surface area contributed by atoms with E-state index in [1.807, 2.05) is 44.2 Å². The Balaban J connectivity index is 1.78. The summed E-state index contributed by atoms with van der Waals surface area (Å²) in [4.78, 5) is 29.5. The van der Waals surface area contributed by atoms with Gasteiger partial charge in [0.25, 0.3) is 10.0 Å². The van der Waals surface area contributed by atoms with Crippen LogP contribution in [0.3, 0.4) is 0 Å². The molecular formula is C35H38FN3O5S. The molecule has 0 bridgehead atoms. The molecule has 0 saturated carbocycles. The van der Waals surface area contributed by atoms with E-state index in [1.165, 1.54) is 29.2 Å². The van der Waals surface area contributed by atoms with Crippen LogP contribution in [-0.4, -0.2) is 50.9 Å². The number of rotatable bonds is 15. The summed E-state index contributed by atoms with van der Waals surface area (Å²) in [6, 6.07) is 28.3. The van der Waals surface area contributed by atoms with Gasteiger partial charge in [-0.2, -0.15) is 0 Å². The largest absolute Gasteiger partial charge is 0.494 e. The molecular weight excluding hydrogens is 593 g/mol. The van der Waals surface area contributed by atoms with E-state index >= 15 is 0 Å². The van der Waals surface area contributed by atoms with Crippen LogP contribution < -0.4 is 14.4 Å². The smallest absolute Gasteiger partial charge is 0.264 e. The topological polar surface area (TPSA) is 96.0 Å². The number of hydrogen-bond acceptors (Lipinski definition) is 5. The van der Waals surface area contributed by atoms with Gasteiger partial charge in [0.05, 0.1) is 17.2 Å². The van der Waals surface area contributed by atoms with Crippen molar-refractivity contribution in [2.24, 2.45) is 0 Å². The second kappa shape index (κ2) is 15.9. The molecule has 4 rings (SSSR count). The Kier molecular flexibility index (Phi) is 11.7. The van der Waals surface area contributed by atoms with Gasteiger partial charge in [-0.1, -0.05) is 67.6 Å². The third kappa shape index (κ3) is 8.92. The van der Waals surface area contributed by atoms with Crippen molar-refractivity contribution in [2.75, 3.05) is 24.0 Å².